The number of hydrogen-bond acceptors (Lipinski definition) is 4. The average molecular weight is 234 g/mol. The van der Waals surface area contributed by atoms with Gasteiger partial charge in [-0.2, -0.15) is 0 Å². The molecule has 0 aromatic carbocycles. The maximum atomic E-state index is 11.3. The van der Waals surface area contributed by atoms with Crippen molar-refractivity contribution in [3.05, 3.63) is 23.9 Å². The van der Waals surface area contributed by atoms with Crippen molar-refractivity contribution in [2.75, 3.05) is 25.0 Å². The molecule has 5 heteroatoms. The molecule has 0 aliphatic carbocycles. The van der Waals surface area contributed by atoms with Crippen molar-refractivity contribution in [2.24, 2.45) is 5.73 Å². The Kier molecular flexibility index (Phi) is 3.58. The summed E-state index contributed by atoms with van der Waals surface area (Å²) in [5.41, 5.74) is 5.82. The largest absolute Gasteiger partial charge is 0.365 e. The summed E-state index contributed by atoms with van der Waals surface area (Å²) in [6.07, 6.45) is 4.06. The summed E-state index contributed by atoms with van der Waals surface area (Å²) in [6, 6.07) is 3.91. The van der Waals surface area contributed by atoms with Crippen LogP contribution in [0.15, 0.2) is 18.3 Å². The Balaban J connectivity index is 2.12. The average Bonchev–Trinajstić information content (AvgIpc) is 2.81. The van der Waals surface area contributed by atoms with E-state index in [1.54, 1.807) is 18.3 Å². The van der Waals surface area contributed by atoms with Gasteiger partial charge in [0.15, 0.2) is 0 Å². The van der Waals surface area contributed by atoms with Crippen molar-refractivity contribution >= 4 is 11.7 Å². The summed E-state index contributed by atoms with van der Waals surface area (Å²) < 4.78 is 0. The summed E-state index contributed by atoms with van der Waals surface area (Å²) in [7, 11) is 1.94. The molecule has 1 aliphatic rings. The summed E-state index contributed by atoms with van der Waals surface area (Å²) in [5.74, 6) is 0.230. The summed E-state index contributed by atoms with van der Waals surface area (Å²) in [5, 5.41) is 3.42. The Bertz CT molecular complexity index is 401. The number of nitrogens with one attached hydrogen (secondary N) is 1. The number of carbonyl (C=O) groups excluding carboxylic acids is 1. The van der Waals surface area contributed by atoms with E-state index in [0.717, 1.165) is 13.1 Å². The number of nitrogens with two attached hydrogens (primary N) is 1. The number of rotatable bonds is 4. The molecular formula is C12H18N4O. The van der Waals surface area contributed by atoms with Gasteiger partial charge in [-0.1, -0.05) is 0 Å². The minimum atomic E-state index is -0.431. The zero-order valence-corrected chi connectivity index (χ0v) is 10.0. The Labute approximate surface area is 101 Å². The van der Waals surface area contributed by atoms with Gasteiger partial charge in [-0.25, -0.2) is 4.98 Å². The maximum Gasteiger partial charge on any atom is 0.252 e. The fourth-order valence-corrected chi connectivity index (χ4v) is 2.22. The van der Waals surface area contributed by atoms with Crippen LogP contribution >= 0.6 is 0 Å². The van der Waals surface area contributed by atoms with Crippen molar-refractivity contribution < 1.29 is 4.79 Å². The van der Waals surface area contributed by atoms with Crippen LogP contribution in [0, 0.1) is 0 Å². The molecule has 1 saturated heterocycles. The zero-order chi connectivity index (χ0) is 12.3. The zero-order valence-electron chi connectivity index (χ0n) is 10.0. The molecule has 0 bridgehead atoms. The van der Waals surface area contributed by atoms with E-state index in [1.165, 1.54) is 12.8 Å². The van der Waals surface area contributed by atoms with Crippen LogP contribution in [0.2, 0.25) is 0 Å². The first-order chi connectivity index (χ1) is 8.18. The lowest BCUT2D eigenvalue weighted by molar-refractivity contribution is 0.100. The lowest BCUT2D eigenvalue weighted by atomic mass is 10.2. The molecule has 0 radical (unpaired) electrons. The Morgan fingerprint density at radius 3 is 3.18 bits per heavy atom. The third-order valence-electron chi connectivity index (χ3n) is 3.07. The molecule has 3 N–H and O–H groups in total. The molecule has 1 aromatic rings. The van der Waals surface area contributed by atoms with Crippen molar-refractivity contribution in [3.63, 3.8) is 0 Å². The molecular weight excluding hydrogens is 216 g/mol. The predicted molar refractivity (Wildman–Crippen MR) is 67.0 cm³/mol. The number of anilines is 1. The third-order valence-corrected chi connectivity index (χ3v) is 3.07. The van der Waals surface area contributed by atoms with E-state index >= 15 is 0 Å². The van der Waals surface area contributed by atoms with Crippen LogP contribution < -0.4 is 16.0 Å². The molecule has 1 atom stereocenters. The molecule has 1 aliphatic heterocycles. The second kappa shape index (κ2) is 5.14. The van der Waals surface area contributed by atoms with Crippen molar-refractivity contribution in [2.45, 2.75) is 18.9 Å². The number of nitrogens with zero attached hydrogens (tertiary/aromatic N) is 2. The molecule has 1 aromatic heterocycles. The fourth-order valence-electron chi connectivity index (χ4n) is 2.22. The van der Waals surface area contributed by atoms with Crippen molar-refractivity contribution in [3.8, 4) is 0 Å². The molecule has 0 saturated carbocycles. The second-order valence-corrected chi connectivity index (χ2v) is 4.41. The monoisotopic (exact) mass is 234 g/mol. The molecule has 92 valence electrons. The molecule has 2 heterocycles. The van der Waals surface area contributed by atoms with Crippen LogP contribution in [-0.4, -0.2) is 37.1 Å². The molecule has 0 spiro atoms. The van der Waals surface area contributed by atoms with Gasteiger partial charge in [0.2, 0.25) is 0 Å². The highest BCUT2D eigenvalue weighted by Gasteiger charge is 2.19. The number of amides is 1. The normalized spacial score (nSPS) is 19.2. The van der Waals surface area contributed by atoms with E-state index in [4.69, 9.17) is 5.73 Å². The van der Waals surface area contributed by atoms with E-state index in [1.807, 2.05) is 11.9 Å². The maximum absolute atomic E-state index is 11.3. The van der Waals surface area contributed by atoms with Gasteiger partial charge in [-0.05, 0) is 31.5 Å². The highest BCUT2D eigenvalue weighted by atomic mass is 16.1. The minimum absolute atomic E-state index is 0.431. The smallest absolute Gasteiger partial charge is 0.252 e. The van der Waals surface area contributed by atoms with E-state index in [0.29, 0.717) is 17.4 Å². The number of likely N-dealkylation sites (N-methyl/N-ethyl adjacent to an activating group) is 1. The predicted octanol–water partition coefficient (Wildman–Crippen LogP) is 0.369. The fraction of sp³-hybridized carbons (Fsp3) is 0.500. The first-order valence-corrected chi connectivity index (χ1v) is 5.88. The van der Waals surface area contributed by atoms with Gasteiger partial charge in [-0.3, -0.25) is 4.79 Å². The number of carbonyl (C=O) groups is 1. The van der Waals surface area contributed by atoms with Crippen molar-refractivity contribution in [1.82, 2.24) is 10.3 Å². The van der Waals surface area contributed by atoms with Crippen LogP contribution in [0.4, 0.5) is 5.82 Å². The molecule has 2 rings (SSSR count). The molecule has 5 nitrogen and oxygen atoms in total. The Morgan fingerprint density at radius 1 is 1.71 bits per heavy atom. The SMILES string of the molecule is CN(CC1CCCN1)c1ncccc1C(N)=O. The second-order valence-electron chi connectivity index (χ2n) is 4.41. The highest BCUT2D eigenvalue weighted by Crippen LogP contribution is 2.17. The quantitative estimate of drug-likeness (QED) is 0.789. The lowest BCUT2D eigenvalue weighted by Gasteiger charge is -2.23. The lowest BCUT2D eigenvalue weighted by Crippen LogP contribution is -2.36. The first kappa shape index (κ1) is 11.9. The summed E-state index contributed by atoms with van der Waals surface area (Å²) in [4.78, 5) is 17.5. The third kappa shape index (κ3) is 2.74. The van der Waals surface area contributed by atoms with Crippen LogP contribution in [0.1, 0.15) is 23.2 Å². The minimum Gasteiger partial charge on any atom is -0.365 e. The summed E-state index contributed by atoms with van der Waals surface area (Å²) in [6.45, 7) is 1.92. The number of pyridine rings is 1. The number of aromatic nitrogens is 1. The summed E-state index contributed by atoms with van der Waals surface area (Å²) >= 11 is 0. The molecule has 1 unspecified atom stereocenters. The van der Waals surface area contributed by atoms with Crippen LogP contribution in [0.3, 0.4) is 0 Å². The van der Waals surface area contributed by atoms with Gasteiger partial charge in [-0.15, -0.1) is 0 Å². The highest BCUT2D eigenvalue weighted by molar-refractivity contribution is 5.97. The van der Waals surface area contributed by atoms with E-state index in [2.05, 4.69) is 10.3 Å². The Hall–Kier alpha value is -1.62. The van der Waals surface area contributed by atoms with E-state index in [9.17, 15) is 4.79 Å². The van der Waals surface area contributed by atoms with Gasteiger partial charge in [0, 0.05) is 25.8 Å². The van der Waals surface area contributed by atoms with Gasteiger partial charge < -0.3 is 16.0 Å². The number of hydrogen-bond donors (Lipinski definition) is 2. The molecule has 1 fully saturated rings. The Morgan fingerprint density at radius 2 is 2.53 bits per heavy atom. The molecule has 1 amide bonds. The molecule has 17 heavy (non-hydrogen) atoms. The number of primary amides is 1. The van der Waals surface area contributed by atoms with Gasteiger partial charge >= 0.3 is 0 Å². The first-order valence-electron chi connectivity index (χ1n) is 5.88. The van der Waals surface area contributed by atoms with Crippen LogP contribution in [-0.2, 0) is 0 Å². The van der Waals surface area contributed by atoms with Crippen LogP contribution in [0.5, 0.6) is 0 Å². The van der Waals surface area contributed by atoms with E-state index < -0.39 is 5.91 Å². The van der Waals surface area contributed by atoms with Crippen LogP contribution in [0.25, 0.3) is 0 Å². The van der Waals surface area contributed by atoms with E-state index in [-0.39, 0.29) is 0 Å². The van der Waals surface area contributed by atoms with Gasteiger partial charge in [0.05, 0.1) is 5.56 Å². The van der Waals surface area contributed by atoms with Gasteiger partial charge in [0.25, 0.3) is 5.91 Å². The standard InChI is InChI=1S/C12H18N4O/c1-16(8-9-4-2-6-14-9)12-10(11(13)17)5-3-7-15-12/h3,5,7,9,14H,2,4,6,8H2,1H3,(H2,13,17). The van der Waals surface area contributed by atoms with Gasteiger partial charge in [0.1, 0.15) is 5.82 Å². The van der Waals surface area contributed by atoms with Crippen molar-refractivity contribution in [1.29, 1.82) is 0 Å². The topological polar surface area (TPSA) is 71.2 Å².